The lowest BCUT2D eigenvalue weighted by molar-refractivity contribution is -0.141. The van der Waals surface area contributed by atoms with Crippen LogP contribution in [0.3, 0.4) is 0 Å². The van der Waals surface area contributed by atoms with Gasteiger partial charge in [0.1, 0.15) is 5.69 Å². The first-order valence-electron chi connectivity index (χ1n) is 8.88. The third-order valence-electron chi connectivity index (χ3n) is 4.34. The number of oxazole rings is 1. The van der Waals surface area contributed by atoms with Crippen molar-refractivity contribution in [1.82, 2.24) is 15.0 Å². The van der Waals surface area contributed by atoms with Gasteiger partial charge in [-0.25, -0.2) is 9.78 Å². The highest BCUT2D eigenvalue weighted by Gasteiger charge is 2.32. The molecule has 0 radical (unpaired) electrons. The SMILES string of the molecule is NC(CNc1ncc(-c2ccc3[nH]c(=O)oc3c2)s1)Cc1ccc(C(F)(F)F)nc1. The molecule has 0 spiro atoms. The zero-order chi connectivity index (χ0) is 21.3. The highest BCUT2D eigenvalue weighted by molar-refractivity contribution is 7.18. The van der Waals surface area contributed by atoms with E-state index in [1.165, 1.54) is 23.6 Å². The van der Waals surface area contributed by atoms with E-state index in [9.17, 15) is 18.0 Å². The monoisotopic (exact) mass is 435 g/mol. The van der Waals surface area contributed by atoms with Crippen LogP contribution in [0.1, 0.15) is 11.3 Å². The van der Waals surface area contributed by atoms with E-state index in [1.54, 1.807) is 18.3 Å². The summed E-state index contributed by atoms with van der Waals surface area (Å²) in [6, 6.07) is 7.37. The molecule has 0 amide bonds. The zero-order valence-electron chi connectivity index (χ0n) is 15.4. The molecule has 4 rings (SSSR count). The number of halogens is 3. The van der Waals surface area contributed by atoms with Crippen LogP contribution >= 0.6 is 11.3 Å². The van der Waals surface area contributed by atoms with E-state index in [4.69, 9.17) is 10.2 Å². The average molecular weight is 435 g/mol. The molecule has 0 aliphatic heterocycles. The molecule has 30 heavy (non-hydrogen) atoms. The fraction of sp³-hybridized carbons (Fsp3) is 0.211. The standard InChI is InChI=1S/C19H16F3N5O2S/c20-19(21,22)16-4-1-10(7-24-16)5-12(23)8-25-17-26-9-15(30-17)11-2-3-13-14(6-11)29-18(28)27-13/h1-4,6-7,9,12H,5,8,23H2,(H,25,26)(H,27,28). The van der Waals surface area contributed by atoms with Gasteiger partial charge in [0.25, 0.3) is 0 Å². The Hall–Kier alpha value is -3.18. The topological polar surface area (TPSA) is 110 Å². The molecule has 3 aromatic heterocycles. The summed E-state index contributed by atoms with van der Waals surface area (Å²) < 4.78 is 42.8. The summed E-state index contributed by atoms with van der Waals surface area (Å²) in [4.78, 5) is 22.5. The summed E-state index contributed by atoms with van der Waals surface area (Å²) in [5.41, 5.74) is 7.72. The molecule has 0 aliphatic carbocycles. The first-order valence-corrected chi connectivity index (χ1v) is 9.70. The fourth-order valence-electron chi connectivity index (χ4n) is 2.89. The van der Waals surface area contributed by atoms with Crippen molar-refractivity contribution < 1.29 is 17.6 Å². The van der Waals surface area contributed by atoms with Gasteiger partial charge in [0.2, 0.25) is 0 Å². The van der Waals surface area contributed by atoms with E-state index < -0.39 is 17.6 Å². The number of benzene rings is 1. The molecule has 1 atom stereocenters. The number of nitrogens with two attached hydrogens (primary N) is 1. The second kappa shape index (κ2) is 7.92. The third kappa shape index (κ3) is 4.52. The summed E-state index contributed by atoms with van der Waals surface area (Å²) in [5, 5.41) is 3.79. The lowest BCUT2D eigenvalue weighted by atomic mass is 10.1. The number of rotatable bonds is 6. The minimum absolute atomic E-state index is 0.332. The Balaban J connectivity index is 1.36. The van der Waals surface area contributed by atoms with Crippen LogP contribution in [0.15, 0.2) is 51.9 Å². The van der Waals surface area contributed by atoms with E-state index in [0.29, 0.717) is 34.8 Å². The second-order valence-electron chi connectivity index (χ2n) is 6.65. The van der Waals surface area contributed by atoms with Crippen LogP contribution in [-0.2, 0) is 12.6 Å². The van der Waals surface area contributed by atoms with Gasteiger partial charge in [-0.3, -0.25) is 9.97 Å². The van der Waals surface area contributed by atoms with Crippen molar-refractivity contribution >= 4 is 27.6 Å². The number of nitrogens with one attached hydrogen (secondary N) is 2. The summed E-state index contributed by atoms with van der Waals surface area (Å²) in [7, 11) is 0. The molecule has 156 valence electrons. The van der Waals surface area contributed by atoms with E-state index in [0.717, 1.165) is 16.5 Å². The van der Waals surface area contributed by atoms with Gasteiger partial charge < -0.3 is 15.5 Å². The summed E-state index contributed by atoms with van der Waals surface area (Å²) in [6.45, 7) is 0.389. The first-order chi connectivity index (χ1) is 14.3. The molecule has 0 bridgehead atoms. The molecular formula is C19H16F3N5O2S. The zero-order valence-corrected chi connectivity index (χ0v) is 16.2. The van der Waals surface area contributed by atoms with E-state index in [2.05, 4.69) is 20.3 Å². The minimum atomic E-state index is -4.46. The number of aromatic nitrogens is 3. The normalized spacial score (nSPS) is 12.9. The van der Waals surface area contributed by atoms with Gasteiger partial charge in [0, 0.05) is 25.0 Å². The van der Waals surface area contributed by atoms with Gasteiger partial charge in [-0.05, 0) is 35.7 Å². The summed E-state index contributed by atoms with van der Waals surface area (Å²) >= 11 is 1.41. The molecule has 1 aromatic carbocycles. The number of aromatic amines is 1. The maximum atomic E-state index is 12.6. The summed E-state index contributed by atoms with van der Waals surface area (Å²) in [6.07, 6.45) is -1.19. The Bertz CT molecular complexity index is 1210. The lowest BCUT2D eigenvalue weighted by Gasteiger charge is -2.12. The van der Waals surface area contributed by atoms with Crippen molar-refractivity contribution in [2.45, 2.75) is 18.6 Å². The first kappa shape index (κ1) is 20.1. The molecule has 3 heterocycles. The number of pyridine rings is 1. The molecule has 0 aliphatic rings. The maximum absolute atomic E-state index is 12.6. The fourth-order valence-corrected chi connectivity index (χ4v) is 3.71. The molecular weight excluding hydrogens is 419 g/mol. The smallest absolute Gasteiger partial charge is 0.408 e. The Morgan fingerprint density at radius 3 is 2.77 bits per heavy atom. The maximum Gasteiger partial charge on any atom is 0.433 e. The number of H-pyrrole nitrogens is 1. The van der Waals surface area contributed by atoms with Crippen molar-refractivity contribution in [2.24, 2.45) is 5.73 Å². The van der Waals surface area contributed by atoms with Crippen LogP contribution in [0.5, 0.6) is 0 Å². The van der Waals surface area contributed by atoms with Crippen LogP contribution in [-0.4, -0.2) is 27.5 Å². The minimum Gasteiger partial charge on any atom is -0.408 e. The molecule has 0 saturated heterocycles. The Kier molecular flexibility index (Phi) is 5.31. The van der Waals surface area contributed by atoms with Gasteiger partial charge in [-0.2, -0.15) is 13.2 Å². The van der Waals surface area contributed by atoms with Gasteiger partial charge in [-0.1, -0.05) is 23.5 Å². The van der Waals surface area contributed by atoms with Crippen molar-refractivity contribution in [1.29, 1.82) is 0 Å². The Morgan fingerprint density at radius 2 is 2.03 bits per heavy atom. The number of alkyl halides is 3. The van der Waals surface area contributed by atoms with E-state index >= 15 is 0 Å². The van der Waals surface area contributed by atoms with Crippen molar-refractivity contribution in [2.75, 3.05) is 11.9 Å². The largest absolute Gasteiger partial charge is 0.433 e. The van der Waals surface area contributed by atoms with Crippen LogP contribution in [0.2, 0.25) is 0 Å². The predicted molar refractivity (Wildman–Crippen MR) is 107 cm³/mol. The number of thiazole rings is 1. The number of hydrogen-bond donors (Lipinski definition) is 3. The van der Waals surface area contributed by atoms with Gasteiger partial charge in [-0.15, -0.1) is 0 Å². The number of anilines is 1. The van der Waals surface area contributed by atoms with Crippen LogP contribution in [0.25, 0.3) is 21.5 Å². The average Bonchev–Trinajstić information content (AvgIpc) is 3.31. The molecule has 7 nitrogen and oxygen atoms in total. The Morgan fingerprint density at radius 1 is 1.20 bits per heavy atom. The predicted octanol–water partition coefficient (Wildman–Crippen LogP) is 3.64. The highest BCUT2D eigenvalue weighted by Crippen LogP contribution is 2.31. The highest BCUT2D eigenvalue weighted by atomic mass is 32.1. The molecule has 1 unspecified atom stereocenters. The lowest BCUT2D eigenvalue weighted by Crippen LogP contribution is -2.31. The molecule has 0 saturated carbocycles. The summed E-state index contributed by atoms with van der Waals surface area (Å²) in [5.74, 6) is -0.508. The second-order valence-corrected chi connectivity index (χ2v) is 7.68. The number of fused-ring (bicyclic) bond motifs is 1. The van der Waals surface area contributed by atoms with Crippen LogP contribution < -0.4 is 16.8 Å². The van der Waals surface area contributed by atoms with E-state index in [1.807, 2.05) is 6.07 Å². The van der Waals surface area contributed by atoms with Crippen molar-refractivity contribution in [3.63, 3.8) is 0 Å². The van der Waals surface area contributed by atoms with Crippen LogP contribution in [0.4, 0.5) is 18.3 Å². The molecule has 4 aromatic rings. The molecule has 4 N–H and O–H groups in total. The Labute approximate surface area is 171 Å². The van der Waals surface area contributed by atoms with Crippen LogP contribution in [0, 0.1) is 0 Å². The van der Waals surface area contributed by atoms with Gasteiger partial charge in [0.15, 0.2) is 10.7 Å². The molecule has 11 heteroatoms. The molecule has 0 fully saturated rings. The van der Waals surface area contributed by atoms with E-state index in [-0.39, 0.29) is 6.04 Å². The quantitative estimate of drug-likeness (QED) is 0.427. The van der Waals surface area contributed by atoms with Gasteiger partial charge >= 0.3 is 11.9 Å². The van der Waals surface area contributed by atoms with Crippen molar-refractivity contribution in [3.05, 3.63) is 64.5 Å². The number of nitrogens with zero attached hydrogens (tertiary/aromatic N) is 2. The number of hydrogen-bond acceptors (Lipinski definition) is 7. The van der Waals surface area contributed by atoms with Gasteiger partial charge in [0.05, 0.1) is 10.4 Å². The van der Waals surface area contributed by atoms with Crippen molar-refractivity contribution in [3.8, 4) is 10.4 Å². The third-order valence-corrected chi connectivity index (χ3v) is 5.34.